The second-order valence-corrected chi connectivity index (χ2v) is 12.2. The summed E-state index contributed by atoms with van der Waals surface area (Å²) in [6.45, 7) is 11.2. The third-order valence-corrected chi connectivity index (χ3v) is 10.8. The summed E-state index contributed by atoms with van der Waals surface area (Å²) in [7, 11) is 0. The molecule has 0 aliphatic heterocycles. The molecule has 2 N–H and O–H groups in total. The Balaban J connectivity index is 1.69. The summed E-state index contributed by atoms with van der Waals surface area (Å²) < 4.78 is 18.1. The van der Waals surface area contributed by atoms with Crippen molar-refractivity contribution in [1.29, 1.82) is 0 Å². The fourth-order valence-electron chi connectivity index (χ4n) is 9.23. The molecular formula is C27H46O3. The summed E-state index contributed by atoms with van der Waals surface area (Å²) in [5, 5.41) is 21.2. The van der Waals surface area contributed by atoms with Gasteiger partial charge in [-0.2, -0.15) is 0 Å². The zero-order valence-electron chi connectivity index (χ0n) is 21.9. The normalized spacial score (nSPS) is 56.0. The van der Waals surface area contributed by atoms with Gasteiger partial charge >= 0.3 is 5.97 Å². The summed E-state index contributed by atoms with van der Waals surface area (Å²) in [6, 6.07) is 0. The molecule has 4 unspecified atom stereocenters. The largest absolute Gasteiger partial charge is 0.481 e. The number of fused-ring (bicyclic) bond motifs is 5. The third kappa shape index (κ3) is 3.37. The molecule has 4 saturated carbocycles. The molecule has 0 spiro atoms. The van der Waals surface area contributed by atoms with E-state index in [0.29, 0.717) is 36.0 Å². The summed E-state index contributed by atoms with van der Waals surface area (Å²) in [4.78, 5) is 11.2. The first-order chi connectivity index (χ1) is 14.8. The van der Waals surface area contributed by atoms with E-state index in [1.807, 2.05) is 6.92 Å². The van der Waals surface area contributed by atoms with Crippen LogP contribution in [0.25, 0.3) is 0 Å². The third-order valence-electron chi connectivity index (χ3n) is 10.8. The average Bonchev–Trinajstić information content (AvgIpc) is 3.04. The van der Waals surface area contributed by atoms with Crippen LogP contribution < -0.4 is 0 Å². The highest BCUT2D eigenvalue weighted by Crippen LogP contribution is 2.69. The molecule has 3 nitrogen and oxygen atoms in total. The number of carboxylic acids is 1. The van der Waals surface area contributed by atoms with Crippen molar-refractivity contribution in [2.45, 2.75) is 105 Å². The van der Waals surface area contributed by atoms with Crippen molar-refractivity contribution in [2.24, 2.45) is 58.2 Å². The van der Waals surface area contributed by atoms with E-state index < -0.39 is 18.4 Å². The first kappa shape index (κ1) is 20.1. The van der Waals surface area contributed by atoms with Gasteiger partial charge in [0.2, 0.25) is 0 Å². The van der Waals surface area contributed by atoms with Gasteiger partial charge in [0.1, 0.15) is 0 Å². The maximum atomic E-state index is 12.0. The lowest BCUT2D eigenvalue weighted by molar-refractivity contribution is -0.198. The Bertz CT molecular complexity index is 724. The SMILES string of the molecule is [2H]C(C)[C@@H]1[C@@H]2C[C@H](C)CC[C@]2(C)C2CC[C@@]3(C)C(CC[C@@H]3[C@H](C)CCC(=O)O)C2[C@]1([2H])O. The average molecular weight is 421 g/mol. The molecule has 0 bridgehead atoms. The lowest BCUT2D eigenvalue weighted by Crippen LogP contribution is -2.61. The van der Waals surface area contributed by atoms with E-state index in [2.05, 4.69) is 27.7 Å². The fraction of sp³-hybridized carbons (Fsp3) is 0.963. The molecule has 0 aromatic rings. The molecule has 4 rings (SSSR count). The highest BCUT2D eigenvalue weighted by molar-refractivity contribution is 5.66. The van der Waals surface area contributed by atoms with Gasteiger partial charge in [-0.1, -0.05) is 47.4 Å². The summed E-state index contributed by atoms with van der Waals surface area (Å²) in [5.41, 5.74) is 0.188. The lowest BCUT2D eigenvalue weighted by atomic mass is 9.41. The molecule has 0 aromatic carbocycles. The molecule has 0 aromatic heterocycles. The molecule has 172 valence electrons. The minimum Gasteiger partial charge on any atom is -0.481 e. The van der Waals surface area contributed by atoms with E-state index in [1.165, 1.54) is 12.8 Å². The Morgan fingerprint density at radius 1 is 1.13 bits per heavy atom. The van der Waals surface area contributed by atoms with E-state index >= 15 is 0 Å². The van der Waals surface area contributed by atoms with Gasteiger partial charge in [0.25, 0.3) is 0 Å². The second kappa shape index (κ2) is 8.09. The highest BCUT2D eigenvalue weighted by Gasteiger charge is 2.64. The summed E-state index contributed by atoms with van der Waals surface area (Å²) in [6.07, 6.45) is 6.73. The molecule has 30 heavy (non-hydrogen) atoms. The summed E-state index contributed by atoms with van der Waals surface area (Å²) in [5.74, 6) is 1.29. The number of carbonyl (C=O) groups is 1. The monoisotopic (exact) mass is 420 g/mol. The number of rotatable bonds is 5. The van der Waals surface area contributed by atoms with Crippen LogP contribution in [0.4, 0.5) is 0 Å². The van der Waals surface area contributed by atoms with Gasteiger partial charge in [0.15, 0.2) is 0 Å². The number of aliphatic carboxylic acids is 1. The number of carboxylic acid groups (broad SMARTS) is 1. The minimum atomic E-state index is -1.54. The number of hydrogen-bond acceptors (Lipinski definition) is 2. The van der Waals surface area contributed by atoms with Gasteiger partial charge in [-0.25, -0.2) is 0 Å². The maximum Gasteiger partial charge on any atom is 0.303 e. The van der Waals surface area contributed by atoms with Crippen molar-refractivity contribution in [3.05, 3.63) is 0 Å². The fourth-order valence-corrected chi connectivity index (χ4v) is 9.23. The summed E-state index contributed by atoms with van der Waals surface area (Å²) >= 11 is 0. The predicted molar refractivity (Wildman–Crippen MR) is 121 cm³/mol. The Morgan fingerprint density at radius 3 is 2.47 bits per heavy atom. The van der Waals surface area contributed by atoms with Crippen molar-refractivity contribution in [1.82, 2.24) is 0 Å². The van der Waals surface area contributed by atoms with Crippen molar-refractivity contribution in [2.75, 3.05) is 0 Å². The van der Waals surface area contributed by atoms with Crippen molar-refractivity contribution in [3.8, 4) is 0 Å². The van der Waals surface area contributed by atoms with Crippen LogP contribution in [0.5, 0.6) is 0 Å². The highest BCUT2D eigenvalue weighted by atomic mass is 16.4. The van der Waals surface area contributed by atoms with Crippen LogP contribution in [0, 0.1) is 58.2 Å². The topological polar surface area (TPSA) is 57.5 Å². The van der Waals surface area contributed by atoms with Crippen LogP contribution in [0.2, 0.25) is 0 Å². The zero-order chi connectivity index (χ0) is 23.6. The Morgan fingerprint density at radius 2 is 1.80 bits per heavy atom. The van der Waals surface area contributed by atoms with E-state index in [0.717, 1.165) is 32.1 Å². The van der Waals surface area contributed by atoms with E-state index in [4.69, 9.17) is 1.37 Å². The van der Waals surface area contributed by atoms with Crippen molar-refractivity contribution >= 4 is 5.97 Å². The Kier molecular flexibility index (Phi) is 5.41. The molecule has 12 atom stereocenters. The second-order valence-electron chi connectivity index (χ2n) is 12.2. The van der Waals surface area contributed by atoms with E-state index in [9.17, 15) is 16.4 Å². The molecule has 0 heterocycles. The maximum absolute atomic E-state index is 12.0. The van der Waals surface area contributed by atoms with Crippen LogP contribution in [0.15, 0.2) is 0 Å². The smallest absolute Gasteiger partial charge is 0.303 e. The van der Waals surface area contributed by atoms with Crippen LogP contribution in [0.3, 0.4) is 0 Å². The number of hydrogen-bond donors (Lipinski definition) is 2. The zero-order valence-corrected chi connectivity index (χ0v) is 19.9. The molecule has 4 aliphatic rings. The van der Waals surface area contributed by atoms with E-state index in [-0.39, 0.29) is 35.0 Å². The first-order valence-electron chi connectivity index (χ1n) is 13.8. The van der Waals surface area contributed by atoms with Gasteiger partial charge in [0, 0.05) is 7.79 Å². The van der Waals surface area contributed by atoms with Crippen LogP contribution >= 0.6 is 0 Å². The number of aliphatic hydroxyl groups is 1. The molecular weight excluding hydrogens is 372 g/mol. The first-order valence-corrected chi connectivity index (χ1v) is 12.7. The minimum absolute atomic E-state index is 0.0645. The lowest BCUT2D eigenvalue weighted by Gasteiger charge is -2.65. The molecule has 0 radical (unpaired) electrons. The Hall–Kier alpha value is -0.570. The molecule has 4 fully saturated rings. The molecule has 0 amide bonds. The predicted octanol–water partition coefficient (Wildman–Crippen LogP) is 6.39. The van der Waals surface area contributed by atoms with Crippen LogP contribution in [-0.4, -0.2) is 22.3 Å². The molecule has 0 saturated heterocycles. The quantitative estimate of drug-likeness (QED) is 0.542. The van der Waals surface area contributed by atoms with E-state index in [1.54, 1.807) is 0 Å². The molecule has 4 aliphatic carbocycles. The van der Waals surface area contributed by atoms with Crippen LogP contribution in [-0.2, 0) is 4.79 Å². The standard InChI is InChI=1S/C27H46O3/c1-6-18-22-15-16(2)11-13-27(22,5)21-12-14-26(4)19(17(3)7-10-23(28)29)8-9-20(26)24(21)25(18)30/h16-22,24-25,30H,6-15H2,1-5H3,(H,28,29)/t16-,17-,18-,19-,20?,21?,22+,24?,25-,26-,27-/m1/s1/i6D,25D/t6?,16-,17-,18-,19-,20?,21?,22+,24?,25-,26-,27-. The van der Waals surface area contributed by atoms with Gasteiger partial charge in [0.05, 0.1) is 7.45 Å². The van der Waals surface area contributed by atoms with Gasteiger partial charge in [-0.05, 0) is 103 Å². The Labute approximate surface area is 187 Å². The van der Waals surface area contributed by atoms with Gasteiger partial charge < -0.3 is 10.2 Å². The van der Waals surface area contributed by atoms with Crippen LogP contribution in [0.1, 0.15) is 102 Å². The van der Waals surface area contributed by atoms with Crippen molar-refractivity contribution in [3.63, 3.8) is 0 Å². The van der Waals surface area contributed by atoms with Gasteiger partial charge in [-0.15, -0.1) is 0 Å². The van der Waals surface area contributed by atoms with Crippen molar-refractivity contribution < 1.29 is 17.7 Å². The van der Waals surface area contributed by atoms with Gasteiger partial charge in [-0.3, -0.25) is 4.79 Å². The molecule has 3 heteroatoms.